The molecule has 3 aromatic heterocycles. The topological polar surface area (TPSA) is 373 Å². The van der Waals surface area contributed by atoms with Crippen molar-refractivity contribution < 1.29 is 144 Å². The van der Waals surface area contributed by atoms with Gasteiger partial charge in [0.15, 0.2) is 36.2 Å². The Kier molecular flexibility index (Phi) is 14.9. The van der Waals surface area contributed by atoms with Gasteiger partial charge in [0.25, 0.3) is 35.6 Å². The van der Waals surface area contributed by atoms with Crippen molar-refractivity contribution in [1.82, 2.24) is 19.5 Å². The molecule has 5 rings (SSSR count). The molecule has 0 radical (unpaired) electrons. The van der Waals surface area contributed by atoms with Gasteiger partial charge >= 0.3 is 59.1 Å². The number of nitrogen functional groups attached to an aromatic ring is 1. The number of aromatic nitrogens is 5. The van der Waals surface area contributed by atoms with Gasteiger partial charge in [-0.05, 0) is 6.07 Å². The van der Waals surface area contributed by atoms with E-state index >= 15 is 0 Å². The zero-order chi connectivity index (χ0) is 35.2. The molecule has 3 aromatic rings. The van der Waals surface area contributed by atoms with Crippen molar-refractivity contribution >= 4 is 46.4 Å². The number of aliphatic hydroxyl groups excluding tert-OH is 3. The molecule has 29 heteroatoms. The largest absolute Gasteiger partial charge is 1.00 e. The van der Waals surface area contributed by atoms with Crippen molar-refractivity contribution in [1.29, 1.82) is 0 Å². The summed E-state index contributed by atoms with van der Waals surface area (Å²) in [5, 5.41) is 31.4. The summed E-state index contributed by atoms with van der Waals surface area (Å²) < 4.78 is 67.0. The van der Waals surface area contributed by atoms with E-state index in [0.29, 0.717) is 0 Å². The number of nitrogens with zero attached hydrogens (tertiary/aromatic N) is 5. The van der Waals surface area contributed by atoms with Crippen LogP contribution in [0, 0.1) is 0 Å². The van der Waals surface area contributed by atoms with Gasteiger partial charge in [-0.2, -0.15) is 4.57 Å². The number of aliphatic hydroxyl groups is 3. The summed E-state index contributed by atoms with van der Waals surface area (Å²) >= 11 is 0. The Morgan fingerprint density at radius 3 is 2.20 bits per heavy atom. The van der Waals surface area contributed by atoms with E-state index in [4.69, 9.17) is 20.9 Å². The number of amides is 1. The van der Waals surface area contributed by atoms with E-state index in [1.54, 1.807) is 0 Å². The third kappa shape index (κ3) is 10.2. The molecule has 0 bridgehead atoms. The molecule has 2 aliphatic rings. The van der Waals surface area contributed by atoms with Gasteiger partial charge in [-0.3, -0.25) is 23.1 Å². The van der Waals surface area contributed by atoms with Gasteiger partial charge in [0.1, 0.15) is 47.9 Å². The number of phosphoric ester groups is 3. The number of primary amides is 1. The van der Waals surface area contributed by atoms with Gasteiger partial charge in [-0.1, -0.05) is 0 Å². The molecule has 24 nitrogen and oxygen atoms in total. The van der Waals surface area contributed by atoms with Crippen LogP contribution in [0.1, 0.15) is 22.8 Å². The number of imidazole rings is 1. The molecule has 0 aromatic carbocycles. The Bertz CT molecular complexity index is 1820. The van der Waals surface area contributed by atoms with Gasteiger partial charge in [-0.25, -0.2) is 19.3 Å². The molecule has 0 saturated carbocycles. The third-order valence-electron chi connectivity index (χ3n) is 6.96. The summed E-state index contributed by atoms with van der Waals surface area (Å²) in [6.45, 7) is -2.24. The normalized spacial score (nSPS) is 30.1. The molecule has 264 valence electrons. The maximum Gasteiger partial charge on any atom is 1.00 e. The Hall–Kier alpha value is -0.860. The molecular weight excluding hydrogens is 761 g/mol. The summed E-state index contributed by atoms with van der Waals surface area (Å²) in [6, 6.07) is 2.75. The van der Waals surface area contributed by atoms with Crippen molar-refractivity contribution in [3.63, 3.8) is 0 Å². The quantitative estimate of drug-likeness (QED) is 0.0532. The van der Waals surface area contributed by atoms with Crippen molar-refractivity contribution in [3.8, 4) is 0 Å². The van der Waals surface area contributed by atoms with Crippen LogP contribution < -0.4 is 89.8 Å². The zero-order valence-electron chi connectivity index (χ0n) is 25.8. The van der Waals surface area contributed by atoms with Crippen molar-refractivity contribution in [2.45, 2.75) is 49.1 Å². The number of hydrogen-bond acceptors (Lipinski definition) is 20. The van der Waals surface area contributed by atoms with Crippen LogP contribution in [0.4, 0.5) is 5.82 Å². The average Bonchev–Trinajstić information content (AvgIpc) is 3.64. The number of hydrogen-bond donors (Lipinski definition) is 6. The molecule has 2 fully saturated rings. The molecule has 2 saturated heterocycles. The number of ether oxygens (including phenoxy) is 2. The van der Waals surface area contributed by atoms with Crippen LogP contribution in [0.2, 0.25) is 0 Å². The standard InChI is InChI=1S/C21H28N7O17P3.2Na/c22-17-12-19(25-7-24-17)28(8-26-12)21-16(44-46(33,34)35)14(30)11(43-21)6-41-48(38,39)45-47(36,37)40-5-10-13(29)15(31)20(42-10)27-3-1-2-9(4-27)18(23)32;;/h1-4,7-8,10-11,13-16,20-21,29-31H,5-6H2,(H7-,22,23,24,25,32,33,34,35,36,37,38,39);;/q;2*+1/p-2/t10-,11-,13+,14-,15+,16+,20+,21+;;/m1../s1. The zero-order valence-corrected chi connectivity index (χ0v) is 32.5. The Morgan fingerprint density at radius 2 is 1.60 bits per heavy atom. The number of nitrogens with two attached hydrogens (primary N) is 2. The van der Waals surface area contributed by atoms with Gasteiger partial charge < -0.3 is 69.4 Å². The van der Waals surface area contributed by atoms with Crippen LogP contribution in [-0.2, 0) is 41.1 Å². The van der Waals surface area contributed by atoms with Crippen LogP contribution in [0.5, 0.6) is 0 Å². The Morgan fingerprint density at radius 1 is 0.980 bits per heavy atom. The number of anilines is 1. The number of fused-ring (bicyclic) bond motifs is 1. The second kappa shape index (κ2) is 17.1. The van der Waals surface area contributed by atoms with Crippen LogP contribution in [-0.4, -0.2) is 95.5 Å². The molecule has 5 heterocycles. The summed E-state index contributed by atoms with van der Waals surface area (Å²) in [5.41, 5.74) is 11.0. The van der Waals surface area contributed by atoms with E-state index in [1.807, 2.05) is 0 Å². The van der Waals surface area contributed by atoms with Gasteiger partial charge in [0.05, 0.1) is 19.5 Å². The summed E-state index contributed by atoms with van der Waals surface area (Å²) in [6.07, 6.45) is -9.03. The summed E-state index contributed by atoms with van der Waals surface area (Å²) in [7, 11) is -17.2. The number of pyridine rings is 1. The first-order chi connectivity index (χ1) is 22.4. The molecule has 2 aliphatic heterocycles. The maximum absolute atomic E-state index is 12.4. The minimum absolute atomic E-state index is 0. The third-order valence-corrected chi connectivity index (χ3v) is 10.0. The molecule has 1 amide bonds. The average molecular weight is 787 g/mol. The second-order valence-electron chi connectivity index (χ2n) is 10.2. The van der Waals surface area contributed by atoms with Crippen LogP contribution in [0.25, 0.3) is 11.2 Å². The predicted molar refractivity (Wildman–Crippen MR) is 144 cm³/mol. The molecule has 11 atom stereocenters. The summed E-state index contributed by atoms with van der Waals surface area (Å²) in [5.74, 6) is -0.891. The minimum Gasteiger partial charge on any atom is -0.756 e. The fourth-order valence-electron chi connectivity index (χ4n) is 4.81. The number of rotatable bonds is 13. The molecule has 0 spiro atoms. The first-order valence-electron chi connectivity index (χ1n) is 13.3. The molecular formula is C21H26N7Na2O17P3. The van der Waals surface area contributed by atoms with Crippen molar-refractivity contribution in [2.75, 3.05) is 18.9 Å². The Balaban J connectivity index is 0.00000338. The second-order valence-corrected chi connectivity index (χ2v) is 14.3. The van der Waals surface area contributed by atoms with E-state index in [2.05, 4.69) is 32.8 Å². The number of carbonyl (C=O) groups is 1. The SMILES string of the molecule is NC(=O)c1ccc[n+]([C@H]2O[C@H](COP(=O)([O-])OP(=O)([O-])OC[C@H]3O[C@H](n4cnc5c(N)ncnc54)[C@@H](OP(=O)([O-])O)[C@@H]3O)[C@H](O)[C@@H]2O)c1.[Na+].[Na+]. The fraction of sp³-hybridized carbons (Fsp3) is 0.476. The van der Waals surface area contributed by atoms with E-state index in [-0.39, 0.29) is 81.7 Å². The van der Waals surface area contributed by atoms with Crippen molar-refractivity contribution in [2.24, 2.45) is 5.73 Å². The molecule has 3 unspecified atom stereocenters. The van der Waals surface area contributed by atoms with E-state index in [1.165, 1.54) is 29.1 Å². The van der Waals surface area contributed by atoms with Crippen LogP contribution in [0.3, 0.4) is 0 Å². The maximum atomic E-state index is 12.4. The monoisotopic (exact) mass is 787 g/mol. The first-order valence-corrected chi connectivity index (χ1v) is 17.7. The van der Waals surface area contributed by atoms with Crippen LogP contribution >= 0.6 is 23.5 Å². The smallest absolute Gasteiger partial charge is 0.756 e. The van der Waals surface area contributed by atoms with Gasteiger partial charge in [0, 0.05) is 6.07 Å². The number of carbonyl (C=O) groups excluding carboxylic acids is 1. The van der Waals surface area contributed by atoms with Gasteiger partial charge in [0.2, 0.25) is 0 Å². The Labute approximate surface area is 324 Å². The number of phosphoric acid groups is 3. The predicted octanol–water partition coefficient (Wildman–Crippen LogP) is -10.8. The molecule has 8 N–H and O–H groups in total. The van der Waals surface area contributed by atoms with Crippen LogP contribution in [0.15, 0.2) is 37.2 Å². The molecule has 50 heavy (non-hydrogen) atoms. The summed E-state index contributed by atoms with van der Waals surface area (Å²) in [4.78, 5) is 68.6. The van der Waals surface area contributed by atoms with Crippen molar-refractivity contribution in [3.05, 3.63) is 42.7 Å². The fourth-order valence-corrected chi connectivity index (χ4v) is 7.36. The first kappa shape index (κ1) is 43.5. The van der Waals surface area contributed by atoms with E-state index in [9.17, 15) is 53.4 Å². The van der Waals surface area contributed by atoms with E-state index in [0.717, 1.165) is 17.2 Å². The van der Waals surface area contributed by atoms with Gasteiger partial charge in [-0.15, -0.1) is 0 Å². The molecule has 0 aliphatic carbocycles. The minimum atomic E-state index is -5.85. The van der Waals surface area contributed by atoms with E-state index < -0.39 is 91.7 Å².